The van der Waals surface area contributed by atoms with Crippen LogP contribution in [0, 0.1) is 132 Å². The van der Waals surface area contributed by atoms with Gasteiger partial charge in [-0.05, 0) is 5.53 Å². The van der Waals surface area contributed by atoms with Crippen LogP contribution in [0.15, 0.2) is 5.11 Å². The fraction of sp³-hybridized carbons (Fsp3) is 1.00. The van der Waals surface area contributed by atoms with Crippen LogP contribution in [0.3, 0.4) is 0 Å². The first kappa shape index (κ1) is 25.7. The Kier molecular flexibility index (Phi) is 20.3. The van der Waals surface area contributed by atoms with Crippen LogP contribution in [0.5, 0.6) is 0 Å². The predicted molar refractivity (Wildman–Crippen MR) is 46.5 cm³/mol. The molecule has 0 aromatic heterocycles. The summed E-state index contributed by atoms with van der Waals surface area (Å²) in [5.41, 5.74) is 7.11. The van der Waals surface area contributed by atoms with E-state index in [2.05, 4.69) is 10.0 Å². The Morgan fingerprint density at radius 2 is 1.76 bits per heavy atom. The van der Waals surface area contributed by atoms with E-state index in [-0.39, 0.29) is 132 Å². The third-order valence-electron chi connectivity index (χ3n) is 2.02. The minimum atomic E-state index is -1.33. The van der Waals surface area contributed by atoms with E-state index >= 15 is 0 Å². The van der Waals surface area contributed by atoms with Crippen molar-refractivity contribution in [2.45, 2.75) is 29.9 Å². The smallest absolute Gasteiger partial charge is 0.142 e. The number of hydrogen-bond donors (Lipinski definition) is 3. The van der Waals surface area contributed by atoms with Gasteiger partial charge in [-0.2, -0.15) is 0 Å². The molecule has 0 bridgehead atoms. The Labute approximate surface area is 211 Å². The molecule has 3 radical (unpaired) electrons. The number of azide groups is 1. The first-order chi connectivity index (χ1) is 6.61. The maximum absolute atomic E-state index is 9.45. The van der Waals surface area contributed by atoms with Gasteiger partial charge in [0.1, 0.15) is 23.8 Å². The van der Waals surface area contributed by atoms with Crippen molar-refractivity contribution in [3.8, 4) is 0 Å². The molecule has 1 rings (SSSR count). The van der Waals surface area contributed by atoms with Crippen molar-refractivity contribution in [2.75, 3.05) is 6.61 Å². The quantitative estimate of drug-likeness (QED) is 0.148. The SMILES string of the molecule is [Ac].[Ac].[Ac].[N-]=[N+]=N[C@@H]1C(O)[C@@H](O)C(CO)O[C@H]1Cl. The van der Waals surface area contributed by atoms with Gasteiger partial charge < -0.3 is 20.1 Å². The number of aliphatic hydroxyl groups is 3. The summed E-state index contributed by atoms with van der Waals surface area (Å²) in [5, 5.41) is 30.8. The van der Waals surface area contributed by atoms with Gasteiger partial charge in [-0.25, -0.2) is 0 Å². The molecule has 17 heavy (non-hydrogen) atoms. The Balaban J connectivity index is -0.000000653. The summed E-state index contributed by atoms with van der Waals surface area (Å²) in [5.74, 6) is 0. The fourth-order valence-electron chi connectivity index (χ4n) is 1.24. The molecule has 3 N–H and O–H groups in total. The second-order valence-electron chi connectivity index (χ2n) is 2.88. The summed E-state index contributed by atoms with van der Waals surface area (Å²) in [4.78, 5) is 2.47. The molecule has 0 amide bonds. The van der Waals surface area contributed by atoms with Gasteiger partial charge >= 0.3 is 0 Å². The van der Waals surface area contributed by atoms with Gasteiger partial charge in [0.05, 0.1) is 12.7 Å². The summed E-state index contributed by atoms with van der Waals surface area (Å²) >= 11 is 5.63. The van der Waals surface area contributed by atoms with Gasteiger partial charge in [0.15, 0.2) is 0 Å². The van der Waals surface area contributed by atoms with Crippen molar-refractivity contribution < 1.29 is 152 Å². The van der Waals surface area contributed by atoms with Crippen molar-refractivity contribution in [2.24, 2.45) is 5.11 Å². The zero-order valence-electron chi connectivity index (χ0n) is 8.80. The second kappa shape index (κ2) is 13.4. The second-order valence-corrected chi connectivity index (χ2v) is 3.32. The number of halogens is 1. The van der Waals surface area contributed by atoms with E-state index in [0.717, 1.165) is 0 Å². The molecule has 0 spiro atoms. The molecule has 7 nitrogen and oxygen atoms in total. The maximum Gasteiger partial charge on any atom is 0.142 e. The molecule has 0 aromatic rings. The molecule has 1 aliphatic heterocycles. The molecule has 1 heterocycles. The Morgan fingerprint density at radius 1 is 1.24 bits per heavy atom. The van der Waals surface area contributed by atoms with E-state index < -0.39 is 36.5 Å². The third kappa shape index (κ3) is 7.54. The molecular weight excluding hydrogens is 895 g/mol. The zero-order chi connectivity index (χ0) is 10.7. The van der Waals surface area contributed by atoms with E-state index in [0.29, 0.717) is 0 Å². The Hall–Kier alpha value is 3.76. The van der Waals surface area contributed by atoms with E-state index in [9.17, 15) is 10.2 Å². The van der Waals surface area contributed by atoms with Crippen LogP contribution in [0.2, 0.25) is 0 Å². The molecule has 0 aliphatic carbocycles. The van der Waals surface area contributed by atoms with Crippen molar-refractivity contribution in [1.29, 1.82) is 0 Å². The Bertz CT molecular complexity index is 259. The zero-order valence-corrected chi connectivity index (χ0v) is 23.8. The first-order valence-corrected chi connectivity index (χ1v) is 4.36. The molecule has 1 aliphatic rings. The number of rotatable bonds is 2. The first-order valence-electron chi connectivity index (χ1n) is 3.92. The van der Waals surface area contributed by atoms with E-state index in [4.69, 9.17) is 27.0 Å². The van der Waals surface area contributed by atoms with Crippen LogP contribution in [0.4, 0.5) is 0 Å². The van der Waals surface area contributed by atoms with Crippen molar-refractivity contribution in [3.05, 3.63) is 10.4 Å². The number of ether oxygens (including phenoxy) is 1. The monoisotopic (exact) mass is 904 g/mol. The third-order valence-corrected chi connectivity index (χ3v) is 2.38. The number of aliphatic hydroxyl groups excluding tert-OH is 3. The topological polar surface area (TPSA) is 119 Å². The van der Waals surface area contributed by atoms with Crippen LogP contribution in [0.25, 0.3) is 10.4 Å². The number of alkyl halides is 1. The maximum atomic E-state index is 9.45. The van der Waals surface area contributed by atoms with Crippen LogP contribution < -0.4 is 0 Å². The molecule has 5 atom stereocenters. The summed E-state index contributed by atoms with van der Waals surface area (Å²) in [7, 11) is 0. The van der Waals surface area contributed by atoms with Crippen molar-refractivity contribution >= 4 is 11.6 Å². The minimum Gasteiger partial charge on any atom is -0.394 e. The molecule has 2 unspecified atom stereocenters. The number of hydrogen-bond acceptors (Lipinski definition) is 5. The molecule has 1 fully saturated rings. The van der Waals surface area contributed by atoms with Gasteiger partial charge in [-0.3, -0.25) is 0 Å². The normalized spacial score (nSPS) is 35.4. The average molecular weight is 905 g/mol. The minimum absolute atomic E-state index is 0. The van der Waals surface area contributed by atoms with Crippen LogP contribution in [-0.2, 0) is 4.74 Å². The van der Waals surface area contributed by atoms with Crippen LogP contribution >= 0.6 is 11.6 Å². The van der Waals surface area contributed by atoms with E-state index in [1.807, 2.05) is 0 Å². The van der Waals surface area contributed by atoms with E-state index in [1.165, 1.54) is 0 Å². The number of nitrogens with zero attached hydrogens (tertiary/aromatic N) is 3. The Morgan fingerprint density at radius 3 is 2.18 bits per heavy atom. The van der Waals surface area contributed by atoms with Gasteiger partial charge in [0, 0.05) is 137 Å². The van der Waals surface area contributed by atoms with Gasteiger partial charge in [-0.1, -0.05) is 16.7 Å². The van der Waals surface area contributed by atoms with Gasteiger partial charge in [-0.15, -0.1) is 0 Å². The largest absolute Gasteiger partial charge is 0.394 e. The summed E-state index contributed by atoms with van der Waals surface area (Å²) in [6.07, 6.45) is -3.61. The molecular formula is C6H10Ac3ClN3O4. The molecule has 0 aromatic carbocycles. The average Bonchev–Trinajstić information content (AvgIpc) is 2.18. The standard InChI is InChI=1S/C6H10ClN3O4.3Ac/c7-6-3(9-10-8)5(13)4(12)2(1-11)14-6;;;/h2-6,11-13H,1H2;;;/t2?,3-,4+,5?,6-;;;/m1.../s1. The van der Waals surface area contributed by atoms with Gasteiger partial charge in [0.2, 0.25) is 0 Å². The van der Waals surface area contributed by atoms with Gasteiger partial charge in [0.25, 0.3) is 0 Å². The molecule has 11 heteroatoms. The van der Waals surface area contributed by atoms with Crippen molar-refractivity contribution in [1.82, 2.24) is 0 Å². The summed E-state index contributed by atoms with van der Waals surface area (Å²) in [6.45, 7) is -0.468. The predicted octanol–water partition coefficient (Wildman–Crippen LogP) is -0.657. The molecule has 1 saturated heterocycles. The van der Waals surface area contributed by atoms with Crippen LogP contribution in [-0.4, -0.2) is 51.8 Å². The summed E-state index contributed by atoms with van der Waals surface area (Å²) < 4.78 is 4.92. The van der Waals surface area contributed by atoms with E-state index in [1.54, 1.807) is 0 Å². The molecule has 89 valence electrons. The summed E-state index contributed by atoms with van der Waals surface area (Å²) in [6, 6.07) is -1.06. The van der Waals surface area contributed by atoms with Crippen molar-refractivity contribution in [3.63, 3.8) is 0 Å². The fourth-order valence-corrected chi connectivity index (χ4v) is 1.57. The molecule has 0 saturated carbocycles. The van der Waals surface area contributed by atoms with Crippen LogP contribution in [0.1, 0.15) is 0 Å².